The molecular formula is C19H24N4O2. The number of aryl methyl sites for hydroxylation is 1. The molecule has 0 spiro atoms. The molecule has 3 rings (SSSR count). The van der Waals surface area contributed by atoms with Crippen LogP contribution in [0.1, 0.15) is 31.2 Å². The van der Waals surface area contributed by atoms with Gasteiger partial charge in [-0.3, -0.25) is 14.3 Å². The molecule has 0 aliphatic carbocycles. The highest BCUT2D eigenvalue weighted by Crippen LogP contribution is 2.27. The van der Waals surface area contributed by atoms with Gasteiger partial charge in [0.2, 0.25) is 11.8 Å². The molecule has 0 saturated carbocycles. The first-order valence-corrected chi connectivity index (χ1v) is 8.73. The molecule has 1 fully saturated rings. The number of rotatable bonds is 5. The van der Waals surface area contributed by atoms with Crippen molar-refractivity contribution in [1.29, 1.82) is 0 Å². The van der Waals surface area contributed by atoms with Crippen LogP contribution in [0.4, 0.5) is 5.82 Å². The maximum absolute atomic E-state index is 12.3. The van der Waals surface area contributed by atoms with Crippen molar-refractivity contribution in [3.05, 3.63) is 35.9 Å². The van der Waals surface area contributed by atoms with Gasteiger partial charge in [-0.2, -0.15) is 5.10 Å². The maximum atomic E-state index is 12.3. The molecule has 0 radical (unpaired) electrons. The fourth-order valence-electron chi connectivity index (χ4n) is 3.20. The summed E-state index contributed by atoms with van der Waals surface area (Å²) < 4.78 is 1.70. The Morgan fingerprint density at radius 1 is 1.24 bits per heavy atom. The van der Waals surface area contributed by atoms with Crippen molar-refractivity contribution < 1.29 is 9.59 Å². The van der Waals surface area contributed by atoms with E-state index in [2.05, 4.69) is 10.4 Å². The number of nitrogens with one attached hydrogen (secondary N) is 1. The summed E-state index contributed by atoms with van der Waals surface area (Å²) in [6, 6.07) is 9.91. The molecule has 2 aromatic rings. The Balaban J connectivity index is 1.65. The van der Waals surface area contributed by atoms with Crippen molar-refractivity contribution in [3.63, 3.8) is 0 Å². The van der Waals surface area contributed by atoms with Gasteiger partial charge in [0.15, 0.2) is 0 Å². The quantitative estimate of drug-likeness (QED) is 0.910. The zero-order chi connectivity index (χ0) is 17.8. The van der Waals surface area contributed by atoms with Gasteiger partial charge in [0.1, 0.15) is 5.82 Å². The third kappa shape index (κ3) is 3.90. The lowest BCUT2D eigenvalue weighted by molar-refractivity contribution is -0.133. The summed E-state index contributed by atoms with van der Waals surface area (Å²) >= 11 is 0. The smallest absolute Gasteiger partial charge is 0.227 e. The second-order valence-electron chi connectivity index (χ2n) is 6.45. The Kier molecular flexibility index (Phi) is 5.16. The van der Waals surface area contributed by atoms with Crippen LogP contribution in [0.25, 0.3) is 11.3 Å². The molecule has 1 aromatic carbocycles. The SMILES string of the molecule is Cc1c(-c2ccccc2)nn(C)c1NC(=O)CCN1CCCCC1=O. The normalized spacial score (nSPS) is 14.6. The van der Waals surface area contributed by atoms with Gasteiger partial charge in [-0.15, -0.1) is 0 Å². The Morgan fingerprint density at radius 2 is 2.00 bits per heavy atom. The Bertz CT molecular complexity index is 767. The molecule has 1 aromatic heterocycles. The molecule has 1 aliphatic heterocycles. The summed E-state index contributed by atoms with van der Waals surface area (Å²) in [5, 5.41) is 7.48. The van der Waals surface area contributed by atoms with Crippen molar-refractivity contribution in [2.75, 3.05) is 18.4 Å². The van der Waals surface area contributed by atoms with Crippen LogP contribution in [0.5, 0.6) is 0 Å². The van der Waals surface area contributed by atoms with Crippen LogP contribution in [-0.2, 0) is 16.6 Å². The number of benzene rings is 1. The lowest BCUT2D eigenvalue weighted by Crippen LogP contribution is -2.37. The van der Waals surface area contributed by atoms with Crippen LogP contribution in [0.15, 0.2) is 30.3 Å². The number of aromatic nitrogens is 2. The molecule has 0 atom stereocenters. The third-order valence-electron chi connectivity index (χ3n) is 4.62. The van der Waals surface area contributed by atoms with Gasteiger partial charge in [-0.1, -0.05) is 30.3 Å². The van der Waals surface area contributed by atoms with Gasteiger partial charge in [0.05, 0.1) is 5.69 Å². The van der Waals surface area contributed by atoms with Crippen molar-refractivity contribution in [2.24, 2.45) is 7.05 Å². The average molecular weight is 340 g/mol. The molecular weight excluding hydrogens is 316 g/mol. The highest BCUT2D eigenvalue weighted by molar-refractivity contribution is 5.92. The predicted octanol–water partition coefficient (Wildman–Crippen LogP) is 2.74. The van der Waals surface area contributed by atoms with Crippen molar-refractivity contribution in [2.45, 2.75) is 32.6 Å². The van der Waals surface area contributed by atoms with E-state index in [1.54, 1.807) is 9.58 Å². The predicted molar refractivity (Wildman–Crippen MR) is 97.1 cm³/mol. The number of nitrogens with zero attached hydrogens (tertiary/aromatic N) is 3. The Labute approximate surface area is 147 Å². The molecule has 2 amide bonds. The van der Waals surface area contributed by atoms with E-state index in [9.17, 15) is 9.59 Å². The van der Waals surface area contributed by atoms with E-state index in [-0.39, 0.29) is 11.8 Å². The fraction of sp³-hybridized carbons (Fsp3) is 0.421. The standard InChI is InChI=1S/C19H24N4O2/c1-14-18(15-8-4-3-5-9-15)21-22(2)19(14)20-16(24)11-13-23-12-7-6-10-17(23)25/h3-5,8-9H,6-7,10-13H2,1-2H3,(H,20,24). The molecule has 6 heteroatoms. The summed E-state index contributed by atoms with van der Waals surface area (Å²) in [4.78, 5) is 25.9. The number of hydrogen-bond donors (Lipinski definition) is 1. The number of hydrogen-bond acceptors (Lipinski definition) is 3. The van der Waals surface area contributed by atoms with Crippen molar-refractivity contribution in [3.8, 4) is 11.3 Å². The molecule has 2 heterocycles. The largest absolute Gasteiger partial charge is 0.342 e. The lowest BCUT2D eigenvalue weighted by Gasteiger charge is -2.26. The Hall–Kier alpha value is -2.63. The van der Waals surface area contributed by atoms with E-state index in [4.69, 9.17) is 0 Å². The number of piperidine rings is 1. The molecule has 1 N–H and O–H groups in total. The average Bonchev–Trinajstić information content (AvgIpc) is 2.90. The van der Waals surface area contributed by atoms with E-state index < -0.39 is 0 Å². The summed E-state index contributed by atoms with van der Waals surface area (Å²) in [6.07, 6.45) is 2.88. The number of carbonyl (C=O) groups excluding carboxylic acids is 2. The van der Waals surface area contributed by atoms with E-state index in [0.29, 0.717) is 25.2 Å². The van der Waals surface area contributed by atoms with Crippen LogP contribution in [0.3, 0.4) is 0 Å². The first-order valence-electron chi connectivity index (χ1n) is 8.73. The van der Waals surface area contributed by atoms with Gasteiger partial charge in [-0.05, 0) is 19.8 Å². The van der Waals surface area contributed by atoms with Crippen LogP contribution < -0.4 is 5.32 Å². The molecule has 25 heavy (non-hydrogen) atoms. The topological polar surface area (TPSA) is 67.2 Å². The first kappa shape index (κ1) is 17.2. The van der Waals surface area contributed by atoms with E-state index in [0.717, 1.165) is 36.2 Å². The minimum absolute atomic E-state index is 0.0934. The van der Waals surface area contributed by atoms with Gasteiger partial charge in [0.25, 0.3) is 0 Å². The van der Waals surface area contributed by atoms with Gasteiger partial charge in [-0.25, -0.2) is 0 Å². The lowest BCUT2D eigenvalue weighted by atomic mass is 10.1. The molecule has 6 nitrogen and oxygen atoms in total. The van der Waals surface area contributed by atoms with Gasteiger partial charge in [0, 0.05) is 44.1 Å². The summed E-state index contributed by atoms with van der Waals surface area (Å²) in [6.45, 7) is 3.20. The van der Waals surface area contributed by atoms with Gasteiger partial charge < -0.3 is 10.2 Å². The van der Waals surface area contributed by atoms with Crippen LogP contribution in [0.2, 0.25) is 0 Å². The molecule has 0 unspecified atom stereocenters. The van der Waals surface area contributed by atoms with E-state index in [1.807, 2.05) is 44.3 Å². The summed E-state index contributed by atoms with van der Waals surface area (Å²) in [7, 11) is 1.82. The van der Waals surface area contributed by atoms with Crippen molar-refractivity contribution in [1.82, 2.24) is 14.7 Å². The van der Waals surface area contributed by atoms with E-state index in [1.165, 1.54) is 0 Å². The molecule has 1 aliphatic rings. The fourth-order valence-corrected chi connectivity index (χ4v) is 3.20. The van der Waals surface area contributed by atoms with Crippen LogP contribution in [-0.4, -0.2) is 39.6 Å². The molecule has 1 saturated heterocycles. The number of likely N-dealkylation sites (tertiary alicyclic amines) is 1. The zero-order valence-electron chi connectivity index (χ0n) is 14.8. The summed E-state index contributed by atoms with van der Waals surface area (Å²) in [5.74, 6) is 0.764. The minimum atomic E-state index is -0.0934. The monoisotopic (exact) mass is 340 g/mol. The second kappa shape index (κ2) is 7.51. The second-order valence-corrected chi connectivity index (χ2v) is 6.45. The van der Waals surface area contributed by atoms with Crippen LogP contribution in [0, 0.1) is 6.92 Å². The highest BCUT2D eigenvalue weighted by Gasteiger charge is 2.20. The minimum Gasteiger partial charge on any atom is -0.342 e. The maximum Gasteiger partial charge on any atom is 0.227 e. The van der Waals surface area contributed by atoms with Gasteiger partial charge >= 0.3 is 0 Å². The highest BCUT2D eigenvalue weighted by atomic mass is 16.2. The number of amides is 2. The molecule has 0 bridgehead atoms. The number of carbonyl (C=O) groups is 2. The number of anilines is 1. The van der Waals surface area contributed by atoms with E-state index >= 15 is 0 Å². The first-order chi connectivity index (χ1) is 12.1. The summed E-state index contributed by atoms with van der Waals surface area (Å²) in [5.41, 5.74) is 2.83. The third-order valence-corrected chi connectivity index (χ3v) is 4.62. The van der Waals surface area contributed by atoms with Crippen LogP contribution >= 0.6 is 0 Å². The van der Waals surface area contributed by atoms with Crippen molar-refractivity contribution >= 4 is 17.6 Å². The Morgan fingerprint density at radius 3 is 2.72 bits per heavy atom. The zero-order valence-corrected chi connectivity index (χ0v) is 14.8. The molecule has 132 valence electrons.